The Balaban J connectivity index is 2.26. The SMILES string of the molecule is COC(=O)c1ccc(Nc2cccc(C(F)(F)F)c2)c(Br)c1. The molecule has 22 heavy (non-hydrogen) atoms. The second kappa shape index (κ2) is 6.39. The highest BCUT2D eigenvalue weighted by Crippen LogP contribution is 2.32. The van der Waals surface area contributed by atoms with Gasteiger partial charge in [0.25, 0.3) is 0 Å². The molecule has 0 spiro atoms. The van der Waals surface area contributed by atoms with Crippen LogP contribution in [-0.4, -0.2) is 13.1 Å². The zero-order valence-electron chi connectivity index (χ0n) is 11.4. The number of esters is 1. The van der Waals surface area contributed by atoms with E-state index >= 15 is 0 Å². The maximum absolute atomic E-state index is 12.7. The van der Waals surface area contributed by atoms with Crippen LogP contribution in [0.5, 0.6) is 0 Å². The monoisotopic (exact) mass is 373 g/mol. The van der Waals surface area contributed by atoms with Crippen molar-refractivity contribution < 1.29 is 22.7 Å². The van der Waals surface area contributed by atoms with Crippen LogP contribution in [0, 0.1) is 0 Å². The van der Waals surface area contributed by atoms with Crippen molar-refractivity contribution in [3.8, 4) is 0 Å². The number of methoxy groups -OCH3 is 1. The predicted octanol–water partition coefficient (Wildman–Crippen LogP) is 5.00. The van der Waals surface area contributed by atoms with Gasteiger partial charge in [-0.2, -0.15) is 13.2 Å². The maximum atomic E-state index is 12.7. The first-order valence-electron chi connectivity index (χ1n) is 6.13. The van der Waals surface area contributed by atoms with E-state index in [1.165, 1.54) is 31.4 Å². The number of carbonyl (C=O) groups excluding carboxylic acids is 1. The molecule has 0 aliphatic rings. The number of anilines is 2. The van der Waals surface area contributed by atoms with E-state index in [-0.39, 0.29) is 0 Å². The van der Waals surface area contributed by atoms with E-state index in [1.54, 1.807) is 6.07 Å². The summed E-state index contributed by atoms with van der Waals surface area (Å²) in [6.07, 6.45) is -4.40. The summed E-state index contributed by atoms with van der Waals surface area (Å²) in [5.41, 5.74) is 0.428. The molecule has 2 aromatic carbocycles. The molecule has 0 bridgehead atoms. The van der Waals surface area contributed by atoms with Crippen LogP contribution in [0.25, 0.3) is 0 Å². The maximum Gasteiger partial charge on any atom is 0.416 e. The van der Waals surface area contributed by atoms with E-state index in [0.29, 0.717) is 21.4 Å². The number of hydrogen-bond donors (Lipinski definition) is 1. The Hall–Kier alpha value is -2.02. The molecule has 0 heterocycles. The number of rotatable bonds is 3. The van der Waals surface area contributed by atoms with Gasteiger partial charge < -0.3 is 10.1 Å². The zero-order chi connectivity index (χ0) is 16.3. The summed E-state index contributed by atoms with van der Waals surface area (Å²) in [4.78, 5) is 11.4. The first kappa shape index (κ1) is 16.4. The second-order valence-electron chi connectivity index (χ2n) is 4.39. The van der Waals surface area contributed by atoms with Gasteiger partial charge in [0.2, 0.25) is 0 Å². The number of alkyl halides is 3. The number of ether oxygens (including phenoxy) is 1. The molecule has 0 atom stereocenters. The van der Waals surface area contributed by atoms with Crippen molar-refractivity contribution in [3.63, 3.8) is 0 Å². The van der Waals surface area contributed by atoms with Crippen LogP contribution in [0.2, 0.25) is 0 Å². The average molecular weight is 374 g/mol. The van der Waals surface area contributed by atoms with Gasteiger partial charge in [-0.15, -0.1) is 0 Å². The van der Waals surface area contributed by atoms with Crippen molar-refractivity contribution in [2.75, 3.05) is 12.4 Å². The number of hydrogen-bond acceptors (Lipinski definition) is 3. The van der Waals surface area contributed by atoms with Crippen molar-refractivity contribution in [1.29, 1.82) is 0 Å². The van der Waals surface area contributed by atoms with Crippen LogP contribution < -0.4 is 5.32 Å². The van der Waals surface area contributed by atoms with Gasteiger partial charge in [0, 0.05) is 10.2 Å². The van der Waals surface area contributed by atoms with Gasteiger partial charge in [-0.25, -0.2) is 4.79 Å². The fourth-order valence-electron chi connectivity index (χ4n) is 1.79. The second-order valence-corrected chi connectivity index (χ2v) is 5.24. The van der Waals surface area contributed by atoms with Crippen LogP contribution in [-0.2, 0) is 10.9 Å². The Morgan fingerprint density at radius 2 is 1.91 bits per heavy atom. The molecule has 1 N–H and O–H groups in total. The molecule has 0 saturated heterocycles. The number of halogens is 4. The zero-order valence-corrected chi connectivity index (χ0v) is 13.0. The van der Waals surface area contributed by atoms with E-state index in [2.05, 4.69) is 26.0 Å². The minimum absolute atomic E-state index is 0.293. The molecule has 0 aliphatic heterocycles. The van der Waals surface area contributed by atoms with Gasteiger partial charge in [0.1, 0.15) is 0 Å². The van der Waals surface area contributed by atoms with Crippen LogP contribution in [0.3, 0.4) is 0 Å². The normalized spacial score (nSPS) is 11.1. The molecule has 0 saturated carbocycles. The third-order valence-corrected chi connectivity index (χ3v) is 3.52. The minimum atomic E-state index is -4.40. The quantitative estimate of drug-likeness (QED) is 0.769. The summed E-state index contributed by atoms with van der Waals surface area (Å²) in [6.45, 7) is 0. The highest BCUT2D eigenvalue weighted by molar-refractivity contribution is 9.10. The fraction of sp³-hybridized carbons (Fsp3) is 0.133. The van der Waals surface area contributed by atoms with Crippen molar-refractivity contribution in [3.05, 3.63) is 58.1 Å². The van der Waals surface area contributed by atoms with Crippen LogP contribution >= 0.6 is 15.9 Å². The molecule has 7 heteroatoms. The van der Waals surface area contributed by atoms with Gasteiger partial charge in [0.15, 0.2) is 0 Å². The van der Waals surface area contributed by atoms with Crippen LogP contribution in [0.15, 0.2) is 46.9 Å². The van der Waals surface area contributed by atoms with Gasteiger partial charge in [-0.3, -0.25) is 0 Å². The van der Waals surface area contributed by atoms with E-state index in [9.17, 15) is 18.0 Å². The molecule has 0 amide bonds. The summed E-state index contributed by atoms with van der Waals surface area (Å²) >= 11 is 3.27. The summed E-state index contributed by atoms with van der Waals surface area (Å²) in [7, 11) is 1.27. The summed E-state index contributed by atoms with van der Waals surface area (Å²) in [5, 5.41) is 2.87. The molecule has 2 aromatic rings. The van der Waals surface area contributed by atoms with Gasteiger partial charge in [-0.1, -0.05) is 6.07 Å². The molecule has 2 rings (SSSR count). The molecular weight excluding hydrogens is 363 g/mol. The lowest BCUT2D eigenvalue weighted by Crippen LogP contribution is -2.05. The van der Waals surface area contributed by atoms with Crippen LogP contribution in [0.4, 0.5) is 24.5 Å². The lowest BCUT2D eigenvalue weighted by Gasteiger charge is -2.12. The summed E-state index contributed by atoms with van der Waals surface area (Å²) < 4.78 is 43.2. The molecule has 116 valence electrons. The standard InChI is InChI=1S/C15H11BrF3NO2/c1-22-14(21)9-5-6-13(12(16)7-9)20-11-4-2-3-10(8-11)15(17,18)19/h2-8,20H,1H3. The Morgan fingerprint density at radius 1 is 1.18 bits per heavy atom. The molecular formula is C15H11BrF3NO2. The van der Waals surface area contributed by atoms with Crippen molar-refractivity contribution >= 4 is 33.3 Å². The van der Waals surface area contributed by atoms with Gasteiger partial charge in [-0.05, 0) is 52.3 Å². The van der Waals surface area contributed by atoms with E-state index in [1.807, 2.05) is 0 Å². The first-order chi connectivity index (χ1) is 10.3. The molecule has 0 aliphatic carbocycles. The largest absolute Gasteiger partial charge is 0.465 e. The first-order valence-corrected chi connectivity index (χ1v) is 6.92. The lowest BCUT2D eigenvalue weighted by atomic mass is 10.1. The predicted molar refractivity (Wildman–Crippen MR) is 80.2 cm³/mol. The Bertz CT molecular complexity index is 701. The summed E-state index contributed by atoms with van der Waals surface area (Å²) in [6, 6.07) is 9.49. The minimum Gasteiger partial charge on any atom is -0.465 e. The number of benzene rings is 2. The number of nitrogens with one attached hydrogen (secondary N) is 1. The van der Waals surface area contributed by atoms with Crippen molar-refractivity contribution in [2.24, 2.45) is 0 Å². The molecule has 0 fully saturated rings. The fourth-order valence-corrected chi connectivity index (χ4v) is 2.27. The topological polar surface area (TPSA) is 38.3 Å². The van der Waals surface area contributed by atoms with Gasteiger partial charge in [0.05, 0.1) is 23.9 Å². The molecule has 0 radical (unpaired) electrons. The highest BCUT2D eigenvalue weighted by atomic mass is 79.9. The lowest BCUT2D eigenvalue weighted by molar-refractivity contribution is -0.137. The van der Waals surface area contributed by atoms with Crippen molar-refractivity contribution in [2.45, 2.75) is 6.18 Å². The molecule has 3 nitrogen and oxygen atoms in total. The summed E-state index contributed by atoms with van der Waals surface area (Å²) in [5.74, 6) is -0.494. The Kier molecular flexibility index (Phi) is 4.75. The van der Waals surface area contributed by atoms with E-state index < -0.39 is 17.7 Å². The van der Waals surface area contributed by atoms with Crippen molar-refractivity contribution in [1.82, 2.24) is 0 Å². The Labute approximate surface area is 133 Å². The highest BCUT2D eigenvalue weighted by Gasteiger charge is 2.30. The van der Waals surface area contributed by atoms with Crippen LogP contribution in [0.1, 0.15) is 15.9 Å². The third-order valence-electron chi connectivity index (χ3n) is 2.86. The van der Waals surface area contributed by atoms with E-state index in [4.69, 9.17) is 0 Å². The van der Waals surface area contributed by atoms with E-state index in [0.717, 1.165) is 12.1 Å². The Morgan fingerprint density at radius 3 is 2.50 bits per heavy atom. The number of carbonyl (C=O) groups is 1. The van der Waals surface area contributed by atoms with Gasteiger partial charge >= 0.3 is 12.1 Å². The smallest absolute Gasteiger partial charge is 0.416 e. The molecule has 0 aromatic heterocycles. The average Bonchev–Trinajstić information content (AvgIpc) is 2.48. The third kappa shape index (κ3) is 3.79. The molecule has 0 unspecified atom stereocenters.